The number of carbonyl (C=O) groups excluding carboxylic acids is 1. The van der Waals surface area contributed by atoms with E-state index in [2.05, 4.69) is 10.1 Å². The van der Waals surface area contributed by atoms with E-state index in [1.54, 1.807) is 18.3 Å². The van der Waals surface area contributed by atoms with Crippen LogP contribution < -0.4 is 10.9 Å². The molecular formula is C15H14N3O4S+. The van der Waals surface area contributed by atoms with Crippen LogP contribution in [0.2, 0.25) is 0 Å². The summed E-state index contributed by atoms with van der Waals surface area (Å²) in [6.45, 7) is 3.64. The van der Waals surface area contributed by atoms with Gasteiger partial charge in [-0.3, -0.25) is 4.84 Å². The number of quaternary nitrogens is 1. The molecule has 3 heterocycles. The van der Waals surface area contributed by atoms with E-state index in [4.69, 9.17) is 9.25 Å². The highest BCUT2D eigenvalue weighted by atomic mass is 32.1. The molecule has 0 atom stereocenters. The summed E-state index contributed by atoms with van der Waals surface area (Å²) in [6, 6.07) is 3.21. The first-order valence-electron chi connectivity index (χ1n) is 6.97. The fraction of sp³-hybridized carbons (Fsp3) is 0.200. The second-order valence-corrected chi connectivity index (χ2v) is 5.64. The van der Waals surface area contributed by atoms with Crippen LogP contribution in [0.4, 0.5) is 5.88 Å². The van der Waals surface area contributed by atoms with Crippen LogP contribution in [-0.4, -0.2) is 17.6 Å². The van der Waals surface area contributed by atoms with Gasteiger partial charge in [0.25, 0.3) is 0 Å². The first-order chi connectivity index (χ1) is 11.1. The number of carbonyl (C=O) groups is 1. The lowest BCUT2D eigenvalue weighted by Crippen LogP contribution is -2.92. The second-order valence-electron chi connectivity index (χ2n) is 4.86. The van der Waals surface area contributed by atoms with Crippen molar-refractivity contribution in [1.82, 2.24) is 0 Å². The minimum Gasteiger partial charge on any atom is -0.403 e. The minimum absolute atomic E-state index is 0.00603. The fourth-order valence-electron chi connectivity index (χ4n) is 2.15. The molecule has 118 valence electrons. The molecule has 2 aromatic rings. The quantitative estimate of drug-likeness (QED) is 0.678. The maximum absolute atomic E-state index is 12.2. The third kappa shape index (κ3) is 3.13. The Kier molecular flexibility index (Phi) is 4.18. The molecule has 8 heteroatoms. The number of rotatable bonds is 3. The van der Waals surface area contributed by atoms with Gasteiger partial charge < -0.3 is 4.42 Å². The SMILES string of the molecule is CCc1cc(=O)oc2c1C(=O)[NH2+]C(O/N=C(\C)c1ccsc1)=N2. The summed E-state index contributed by atoms with van der Waals surface area (Å²) < 4.78 is 5.01. The van der Waals surface area contributed by atoms with Gasteiger partial charge in [-0.25, -0.2) is 9.59 Å². The summed E-state index contributed by atoms with van der Waals surface area (Å²) >= 11 is 1.55. The predicted molar refractivity (Wildman–Crippen MR) is 85.3 cm³/mol. The molecule has 23 heavy (non-hydrogen) atoms. The lowest BCUT2D eigenvalue weighted by atomic mass is 10.1. The van der Waals surface area contributed by atoms with Crippen molar-refractivity contribution in [3.05, 3.63) is 50.0 Å². The number of hydrogen-bond donors (Lipinski definition) is 1. The molecule has 1 aliphatic rings. The Labute approximate surface area is 135 Å². The van der Waals surface area contributed by atoms with Gasteiger partial charge in [-0.1, -0.05) is 12.1 Å². The lowest BCUT2D eigenvalue weighted by Gasteiger charge is -2.10. The number of aryl methyl sites for hydroxylation is 1. The number of nitrogens with zero attached hydrogens (tertiary/aromatic N) is 2. The molecular weight excluding hydrogens is 318 g/mol. The number of primary amides is 1. The lowest BCUT2D eigenvalue weighted by molar-refractivity contribution is -0.452. The zero-order valence-corrected chi connectivity index (χ0v) is 13.3. The van der Waals surface area contributed by atoms with Gasteiger partial charge in [-0.2, -0.15) is 16.7 Å². The highest BCUT2D eigenvalue weighted by Crippen LogP contribution is 2.22. The molecule has 0 saturated carbocycles. The van der Waals surface area contributed by atoms with Gasteiger partial charge in [0.1, 0.15) is 5.56 Å². The van der Waals surface area contributed by atoms with Crippen molar-refractivity contribution < 1.29 is 19.4 Å². The number of amides is 1. The fourth-order valence-corrected chi connectivity index (χ4v) is 2.85. The average molecular weight is 332 g/mol. The molecule has 2 aromatic heterocycles. The van der Waals surface area contributed by atoms with E-state index in [0.29, 0.717) is 23.3 Å². The topological polar surface area (TPSA) is 97.8 Å². The Morgan fingerprint density at radius 3 is 3.00 bits per heavy atom. The molecule has 0 fully saturated rings. The van der Waals surface area contributed by atoms with Crippen molar-refractivity contribution in [2.45, 2.75) is 20.3 Å². The van der Waals surface area contributed by atoms with Crippen molar-refractivity contribution in [2.24, 2.45) is 10.1 Å². The first-order valence-corrected chi connectivity index (χ1v) is 7.91. The van der Waals surface area contributed by atoms with Crippen LogP contribution in [0.15, 0.2) is 42.3 Å². The molecule has 7 nitrogen and oxygen atoms in total. The summed E-state index contributed by atoms with van der Waals surface area (Å²) in [6.07, 6.45) is 0.536. The number of fused-ring (bicyclic) bond motifs is 1. The first kappa shape index (κ1) is 15.3. The molecule has 2 N–H and O–H groups in total. The monoisotopic (exact) mass is 332 g/mol. The smallest absolute Gasteiger partial charge is 0.403 e. The Bertz CT molecular complexity index is 865. The predicted octanol–water partition coefficient (Wildman–Crippen LogP) is 1.41. The largest absolute Gasteiger partial charge is 0.433 e. The number of oxime groups is 1. The zero-order valence-electron chi connectivity index (χ0n) is 12.5. The normalized spacial score (nSPS) is 14.4. The minimum atomic E-state index is -0.545. The molecule has 0 unspecified atom stereocenters. The standard InChI is InChI=1S/C15H13N3O4S/c1-3-9-6-11(19)21-14-12(9)13(20)16-15(17-14)22-18-8(2)10-4-5-23-7-10/h4-7H,3H2,1-2H3,(H,16,17,20)/p+1/b18-8+. The van der Waals surface area contributed by atoms with E-state index in [1.807, 2.05) is 23.8 Å². The third-order valence-electron chi connectivity index (χ3n) is 3.33. The Balaban J connectivity index is 1.91. The molecule has 0 bridgehead atoms. The summed E-state index contributed by atoms with van der Waals surface area (Å²) in [5.74, 6) is -0.339. The van der Waals surface area contributed by atoms with Crippen molar-refractivity contribution in [3.63, 3.8) is 0 Å². The maximum Gasteiger partial charge on any atom is 0.433 e. The molecule has 0 radical (unpaired) electrons. The van der Waals surface area contributed by atoms with Crippen molar-refractivity contribution in [3.8, 4) is 0 Å². The van der Waals surface area contributed by atoms with Gasteiger partial charge >= 0.3 is 17.6 Å². The van der Waals surface area contributed by atoms with E-state index in [1.165, 1.54) is 11.4 Å². The molecule has 0 aromatic carbocycles. The highest BCUT2D eigenvalue weighted by Gasteiger charge is 2.31. The van der Waals surface area contributed by atoms with E-state index in [0.717, 1.165) is 5.56 Å². The number of amidine groups is 1. The van der Waals surface area contributed by atoms with Crippen LogP contribution >= 0.6 is 11.3 Å². The molecule has 0 saturated heterocycles. The number of thiophene rings is 1. The van der Waals surface area contributed by atoms with Crippen LogP contribution in [0.1, 0.15) is 35.3 Å². The highest BCUT2D eigenvalue weighted by molar-refractivity contribution is 7.08. The van der Waals surface area contributed by atoms with Crippen LogP contribution in [0.3, 0.4) is 0 Å². The molecule has 1 amide bonds. The Hall–Kier alpha value is -2.58. The summed E-state index contributed by atoms with van der Waals surface area (Å²) in [5.41, 5.74) is 1.95. The van der Waals surface area contributed by atoms with E-state index < -0.39 is 5.63 Å². The van der Waals surface area contributed by atoms with E-state index in [9.17, 15) is 9.59 Å². The molecule has 0 aliphatic carbocycles. The number of aliphatic imine (C=N–C) groups is 1. The van der Waals surface area contributed by atoms with Gasteiger partial charge in [0.2, 0.25) is 5.88 Å². The van der Waals surface area contributed by atoms with Crippen molar-refractivity contribution >= 4 is 34.9 Å². The van der Waals surface area contributed by atoms with Crippen LogP contribution in [0, 0.1) is 0 Å². The van der Waals surface area contributed by atoms with Crippen molar-refractivity contribution in [1.29, 1.82) is 0 Å². The molecule has 0 spiro atoms. The third-order valence-corrected chi connectivity index (χ3v) is 4.02. The number of nitrogens with two attached hydrogens (primary N) is 1. The average Bonchev–Trinajstić information content (AvgIpc) is 3.05. The van der Waals surface area contributed by atoms with Gasteiger partial charge in [-0.05, 0) is 35.7 Å². The van der Waals surface area contributed by atoms with Gasteiger partial charge in [0.15, 0.2) is 0 Å². The Morgan fingerprint density at radius 1 is 1.48 bits per heavy atom. The number of hydrogen-bond acceptors (Lipinski definition) is 7. The summed E-state index contributed by atoms with van der Waals surface area (Å²) in [5, 5.41) is 9.06. The van der Waals surface area contributed by atoms with Crippen LogP contribution in [-0.2, 0) is 11.3 Å². The van der Waals surface area contributed by atoms with Gasteiger partial charge in [-0.15, -0.1) is 4.99 Å². The summed E-state index contributed by atoms with van der Waals surface area (Å²) in [7, 11) is 0. The molecule has 1 aliphatic heterocycles. The van der Waals surface area contributed by atoms with Crippen LogP contribution in [0.25, 0.3) is 0 Å². The van der Waals surface area contributed by atoms with E-state index in [-0.39, 0.29) is 17.8 Å². The second kappa shape index (κ2) is 6.27. The van der Waals surface area contributed by atoms with Crippen molar-refractivity contribution in [2.75, 3.05) is 0 Å². The Morgan fingerprint density at radius 2 is 2.30 bits per heavy atom. The molecule has 3 rings (SSSR count). The van der Waals surface area contributed by atoms with Gasteiger partial charge in [0, 0.05) is 11.6 Å². The van der Waals surface area contributed by atoms with Gasteiger partial charge in [0.05, 0.1) is 5.71 Å². The van der Waals surface area contributed by atoms with E-state index >= 15 is 0 Å². The zero-order chi connectivity index (χ0) is 16.4. The maximum atomic E-state index is 12.2. The van der Waals surface area contributed by atoms with Crippen LogP contribution in [0.5, 0.6) is 0 Å². The summed E-state index contributed by atoms with van der Waals surface area (Å²) in [4.78, 5) is 33.0.